The normalized spacial score (nSPS) is 28.2. The van der Waals surface area contributed by atoms with E-state index in [0.29, 0.717) is 6.54 Å². The van der Waals surface area contributed by atoms with Gasteiger partial charge in [0.15, 0.2) is 0 Å². The number of carbonyl (C=O) groups is 1. The molecule has 0 bridgehead atoms. The molecule has 2 N–H and O–H groups in total. The van der Waals surface area contributed by atoms with Gasteiger partial charge in [0, 0.05) is 36.8 Å². The van der Waals surface area contributed by atoms with Gasteiger partial charge in [-0.05, 0) is 13.8 Å². The minimum Gasteiger partial charge on any atom is -0.378 e. The summed E-state index contributed by atoms with van der Waals surface area (Å²) in [7, 11) is 0. The molecule has 0 aromatic heterocycles. The van der Waals surface area contributed by atoms with Gasteiger partial charge in [0.25, 0.3) is 0 Å². The van der Waals surface area contributed by atoms with Gasteiger partial charge in [0.2, 0.25) is 5.91 Å². The zero-order valence-electron chi connectivity index (χ0n) is 11.2. The highest BCUT2D eigenvalue weighted by atomic mass is 32.2. The summed E-state index contributed by atoms with van der Waals surface area (Å²) in [6, 6.07) is -0.00676. The summed E-state index contributed by atoms with van der Waals surface area (Å²) in [5.41, 5.74) is 0.0738. The van der Waals surface area contributed by atoms with Crippen molar-refractivity contribution in [2.75, 3.05) is 44.5 Å². The number of thioether (sulfide) groups is 1. The van der Waals surface area contributed by atoms with Crippen molar-refractivity contribution in [2.45, 2.75) is 25.4 Å². The average molecular weight is 273 g/mol. The maximum Gasteiger partial charge on any atom is 0.238 e. The lowest BCUT2D eigenvalue weighted by molar-refractivity contribution is -0.122. The number of amides is 1. The van der Waals surface area contributed by atoms with Crippen molar-refractivity contribution in [1.29, 1.82) is 0 Å². The summed E-state index contributed by atoms with van der Waals surface area (Å²) in [5, 5.41) is 6.19. The van der Waals surface area contributed by atoms with Crippen LogP contribution in [0.3, 0.4) is 0 Å². The summed E-state index contributed by atoms with van der Waals surface area (Å²) in [6.07, 6.45) is 0. The SMILES string of the molecule is CC1(C)COCCN1CCNC(=O)C1CSCN1. The fourth-order valence-corrected chi connectivity index (χ4v) is 3.25. The first kappa shape index (κ1) is 14.1. The summed E-state index contributed by atoms with van der Waals surface area (Å²) in [6.45, 7) is 8.47. The van der Waals surface area contributed by atoms with Crippen molar-refractivity contribution in [3.63, 3.8) is 0 Å². The van der Waals surface area contributed by atoms with Crippen molar-refractivity contribution in [3.05, 3.63) is 0 Å². The van der Waals surface area contributed by atoms with Gasteiger partial charge in [-0.25, -0.2) is 0 Å². The van der Waals surface area contributed by atoms with Crippen LogP contribution in [0, 0.1) is 0 Å². The second-order valence-corrected chi connectivity index (χ2v) is 6.45. The quantitative estimate of drug-likeness (QED) is 0.748. The van der Waals surface area contributed by atoms with Crippen LogP contribution in [-0.2, 0) is 9.53 Å². The zero-order valence-corrected chi connectivity index (χ0v) is 12.0. The molecule has 104 valence electrons. The minimum absolute atomic E-state index is 0.00676. The molecule has 2 saturated heterocycles. The average Bonchev–Trinajstić information content (AvgIpc) is 2.84. The van der Waals surface area contributed by atoms with E-state index in [0.717, 1.165) is 37.9 Å². The highest BCUT2D eigenvalue weighted by Crippen LogP contribution is 2.17. The van der Waals surface area contributed by atoms with Crippen LogP contribution in [-0.4, -0.2) is 66.9 Å². The second-order valence-electron chi connectivity index (χ2n) is 5.41. The van der Waals surface area contributed by atoms with E-state index >= 15 is 0 Å². The zero-order chi connectivity index (χ0) is 13.0. The summed E-state index contributed by atoms with van der Waals surface area (Å²) >= 11 is 1.77. The van der Waals surface area contributed by atoms with Gasteiger partial charge in [0.05, 0.1) is 19.3 Å². The van der Waals surface area contributed by atoms with Gasteiger partial charge in [-0.1, -0.05) is 0 Å². The monoisotopic (exact) mass is 273 g/mol. The van der Waals surface area contributed by atoms with Crippen molar-refractivity contribution in [3.8, 4) is 0 Å². The van der Waals surface area contributed by atoms with E-state index in [1.165, 1.54) is 0 Å². The summed E-state index contributed by atoms with van der Waals surface area (Å²) in [5.74, 6) is 1.90. The first-order valence-electron chi connectivity index (χ1n) is 6.51. The van der Waals surface area contributed by atoms with Crippen LogP contribution in [0.1, 0.15) is 13.8 Å². The Bertz CT molecular complexity index is 293. The Morgan fingerprint density at radius 1 is 1.61 bits per heavy atom. The molecule has 0 aromatic carbocycles. The Balaban J connectivity index is 1.69. The Labute approximate surface area is 113 Å². The van der Waals surface area contributed by atoms with Crippen molar-refractivity contribution < 1.29 is 9.53 Å². The highest BCUT2D eigenvalue weighted by molar-refractivity contribution is 7.99. The molecule has 6 heteroatoms. The maximum atomic E-state index is 11.8. The molecular weight excluding hydrogens is 250 g/mol. The van der Waals surface area contributed by atoms with Crippen LogP contribution in [0.25, 0.3) is 0 Å². The lowest BCUT2D eigenvalue weighted by atomic mass is 10.0. The number of hydrogen-bond donors (Lipinski definition) is 2. The molecule has 1 unspecified atom stereocenters. The maximum absolute atomic E-state index is 11.8. The molecule has 0 saturated carbocycles. The van der Waals surface area contributed by atoms with Crippen LogP contribution in [0.5, 0.6) is 0 Å². The Morgan fingerprint density at radius 2 is 2.44 bits per heavy atom. The lowest BCUT2D eigenvalue weighted by Gasteiger charge is -2.42. The molecule has 0 aliphatic carbocycles. The molecule has 2 aliphatic heterocycles. The molecule has 2 aliphatic rings. The minimum atomic E-state index is -0.00676. The van der Waals surface area contributed by atoms with Gasteiger partial charge in [-0.3, -0.25) is 15.0 Å². The number of morpholine rings is 1. The van der Waals surface area contributed by atoms with Crippen LogP contribution < -0.4 is 10.6 Å². The van der Waals surface area contributed by atoms with Crippen LogP contribution >= 0.6 is 11.8 Å². The number of ether oxygens (including phenoxy) is 1. The number of hydrogen-bond acceptors (Lipinski definition) is 5. The van der Waals surface area contributed by atoms with E-state index in [-0.39, 0.29) is 17.5 Å². The lowest BCUT2D eigenvalue weighted by Crippen LogP contribution is -2.55. The Kier molecular flexibility index (Phi) is 4.89. The molecule has 0 radical (unpaired) electrons. The van der Waals surface area contributed by atoms with Gasteiger partial charge >= 0.3 is 0 Å². The Morgan fingerprint density at radius 3 is 3.11 bits per heavy atom. The fraction of sp³-hybridized carbons (Fsp3) is 0.917. The Hall–Kier alpha value is -0.300. The number of nitrogens with one attached hydrogen (secondary N) is 2. The van der Waals surface area contributed by atoms with Gasteiger partial charge in [-0.2, -0.15) is 0 Å². The van der Waals surface area contributed by atoms with Gasteiger partial charge < -0.3 is 10.1 Å². The molecule has 2 heterocycles. The third-order valence-electron chi connectivity index (χ3n) is 3.53. The predicted molar refractivity (Wildman–Crippen MR) is 73.7 cm³/mol. The third kappa shape index (κ3) is 3.60. The summed E-state index contributed by atoms with van der Waals surface area (Å²) in [4.78, 5) is 14.2. The summed E-state index contributed by atoms with van der Waals surface area (Å²) < 4.78 is 5.48. The van der Waals surface area contributed by atoms with Crippen LogP contribution in [0.15, 0.2) is 0 Å². The molecule has 2 rings (SSSR count). The topological polar surface area (TPSA) is 53.6 Å². The number of carbonyl (C=O) groups excluding carboxylic acids is 1. The third-order valence-corrected chi connectivity index (χ3v) is 4.47. The first-order chi connectivity index (χ1) is 8.59. The highest BCUT2D eigenvalue weighted by Gasteiger charge is 2.30. The molecule has 0 spiro atoms. The van der Waals surface area contributed by atoms with E-state index in [2.05, 4.69) is 29.4 Å². The number of nitrogens with zero attached hydrogens (tertiary/aromatic N) is 1. The van der Waals surface area contributed by atoms with Crippen LogP contribution in [0.4, 0.5) is 0 Å². The smallest absolute Gasteiger partial charge is 0.238 e. The molecule has 2 fully saturated rings. The molecule has 1 amide bonds. The van der Waals surface area contributed by atoms with E-state index in [9.17, 15) is 4.79 Å². The molecule has 0 aromatic rings. The first-order valence-corrected chi connectivity index (χ1v) is 7.67. The molecular formula is C12H23N3O2S. The number of rotatable bonds is 4. The predicted octanol–water partition coefficient (Wildman–Crippen LogP) is -0.124. The van der Waals surface area contributed by atoms with E-state index in [4.69, 9.17) is 4.74 Å². The van der Waals surface area contributed by atoms with Gasteiger partial charge in [-0.15, -0.1) is 11.8 Å². The standard InChI is InChI=1S/C12H23N3O2S/c1-12(2)8-17-6-5-15(12)4-3-13-11(16)10-7-18-9-14-10/h10,14H,3-9H2,1-2H3,(H,13,16). The van der Waals surface area contributed by atoms with Crippen molar-refractivity contribution in [1.82, 2.24) is 15.5 Å². The molecule has 18 heavy (non-hydrogen) atoms. The van der Waals surface area contributed by atoms with E-state index < -0.39 is 0 Å². The molecule has 1 atom stereocenters. The largest absolute Gasteiger partial charge is 0.378 e. The van der Waals surface area contributed by atoms with Gasteiger partial charge in [0.1, 0.15) is 0 Å². The second kappa shape index (κ2) is 6.23. The van der Waals surface area contributed by atoms with Crippen molar-refractivity contribution >= 4 is 17.7 Å². The van der Waals surface area contributed by atoms with Crippen molar-refractivity contribution in [2.24, 2.45) is 0 Å². The fourth-order valence-electron chi connectivity index (χ4n) is 2.31. The van der Waals surface area contributed by atoms with Crippen LogP contribution in [0.2, 0.25) is 0 Å². The van der Waals surface area contributed by atoms with E-state index in [1.807, 2.05) is 0 Å². The molecule has 5 nitrogen and oxygen atoms in total. The van der Waals surface area contributed by atoms with E-state index in [1.54, 1.807) is 11.8 Å².